The van der Waals surface area contributed by atoms with Crippen LogP contribution in [0, 0.1) is 11.7 Å². The molecule has 1 rings (SSSR count). The minimum Gasteiger partial charge on any atom is -0.481 e. The molecule has 0 aliphatic rings. The van der Waals surface area contributed by atoms with Gasteiger partial charge in [-0.15, -0.1) is 0 Å². The Morgan fingerprint density at radius 3 is 2.59 bits per heavy atom. The van der Waals surface area contributed by atoms with Gasteiger partial charge >= 0.3 is 5.97 Å². The molecule has 1 atom stereocenters. The van der Waals surface area contributed by atoms with Crippen LogP contribution in [0.25, 0.3) is 0 Å². The van der Waals surface area contributed by atoms with Gasteiger partial charge in [-0.25, -0.2) is 4.39 Å². The van der Waals surface area contributed by atoms with Gasteiger partial charge in [-0.05, 0) is 24.1 Å². The first-order chi connectivity index (χ1) is 7.90. The molecule has 1 aromatic rings. The monoisotopic (exact) mass is 258 g/mol. The first-order valence-corrected chi connectivity index (χ1v) is 5.48. The Bertz CT molecular complexity index is 445. The number of ketones is 1. The number of carboxylic acid groups (broad SMARTS) is 1. The van der Waals surface area contributed by atoms with Gasteiger partial charge in [0.25, 0.3) is 0 Å². The van der Waals surface area contributed by atoms with Crippen LogP contribution in [0.15, 0.2) is 18.2 Å². The molecule has 0 saturated heterocycles. The van der Waals surface area contributed by atoms with Gasteiger partial charge in [-0.1, -0.05) is 18.5 Å². The molecule has 0 spiro atoms. The SMILES string of the molecule is C[C@@H](CC(=O)O)CC(=O)c1ccc(F)c(Cl)c1. The second-order valence-electron chi connectivity index (χ2n) is 3.96. The fourth-order valence-corrected chi connectivity index (χ4v) is 1.65. The lowest BCUT2D eigenvalue weighted by Crippen LogP contribution is -2.10. The summed E-state index contributed by atoms with van der Waals surface area (Å²) in [5.41, 5.74) is 0.300. The molecule has 0 fully saturated rings. The lowest BCUT2D eigenvalue weighted by atomic mass is 9.97. The van der Waals surface area contributed by atoms with E-state index in [-0.39, 0.29) is 29.6 Å². The number of hydrogen-bond acceptors (Lipinski definition) is 2. The van der Waals surface area contributed by atoms with Gasteiger partial charge in [-0.2, -0.15) is 0 Å². The number of aliphatic carboxylic acids is 1. The summed E-state index contributed by atoms with van der Waals surface area (Å²) in [7, 11) is 0. The molecule has 5 heteroatoms. The van der Waals surface area contributed by atoms with Gasteiger partial charge in [0, 0.05) is 18.4 Å². The Morgan fingerprint density at radius 2 is 2.06 bits per heavy atom. The summed E-state index contributed by atoms with van der Waals surface area (Å²) in [6, 6.07) is 3.72. The predicted octanol–water partition coefficient (Wildman–Crippen LogP) is 3.16. The molecule has 0 amide bonds. The smallest absolute Gasteiger partial charge is 0.303 e. The number of carbonyl (C=O) groups is 2. The average molecular weight is 259 g/mol. The molecule has 0 unspecified atom stereocenters. The molecule has 0 bridgehead atoms. The second kappa shape index (κ2) is 5.77. The zero-order chi connectivity index (χ0) is 13.0. The highest BCUT2D eigenvalue weighted by Gasteiger charge is 2.15. The van der Waals surface area contributed by atoms with Gasteiger partial charge in [0.15, 0.2) is 5.78 Å². The fourth-order valence-electron chi connectivity index (χ4n) is 1.47. The van der Waals surface area contributed by atoms with Gasteiger partial charge < -0.3 is 5.11 Å². The molecule has 0 aliphatic heterocycles. The van der Waals surface area contributed by atoms with E-state index < -0.39 is 11.8 Å². The van der Waals surface area contributed by atoms with Crippen molar-refractivity contribution < 1.29 is 19.1 Å². The Hall–Kier alpha value is -1.42. The van der Waals surface area contributed by atoms with Crippen LogP contribution < -0.4 is 0 Å². The summed E-state index contributed by atoms with van der Waals surface area (Å²) in [5.74, 6) is -2.02. The van der Waals surface area contributed by atoms with E-state index in [0.717, 1.165) is 6.07 Å². The number of hydrogen-bond donors (Lipinski definition) is 1. The highest BCUT2D eigenvalue weighted by Crippen LogP contribution is 2.19. The number of carbonyl (C=O) groups excluding carboxylic acids is 1. The normalized spacial score (nSPS) is 12.2. The summed E-state index contributed by atoms with van der Waals surface area (Å²) in [4.78, 5) is 22.2. The maximum absolute atomic E-state index is 12.9. The Morgan fingerprint density at radius 1 is 1.41 bits per heavy atom. The molecule has 3 nitrogen and oxygen atoms in total. The van der Waals surface area contributed by atoms with Gasteiger partial charge in [0.2, 0.25) is 0 Å². The van der Waals surface area contributed by atoms with Crippen molar-refractivity contribution >= 4 is 23.4 Å². The number of Topliss-reactive ketones (excluding diaryl/α,β-unsaturated/α-hetero) is 1. The minimum atomic E-state index is -0.942. The van der Waals surface area contributed by atoms with E-state index >= 15 is 0 Å². The highest BCUT2D eigenvalue weighted by atomic mass is 35.5. The Labute approximate surface area is 103 Å². The molecule has 1 aromatic carbocycles. The molecule has 0 heterocycles. The van der Waals surface area contributed by atoms with Crippen LogP contribution in [0.3, 0.4) is 0 Å². The summed E-state index contributed by atoms with van der Waals surface area (Å²) in [6.45, 7) is 1.68. The van der Waals surface area contributed by atoms with Crippen molar-refractivity contribution in [1.29, 1.82) is 0 Å². The van der Waals surface area contributed by atoms with Crippen LogP contribution in [0.5, 0.6) is 0 Å². The van der Waals surface area contributed by atoms with Crippen molar-refractivity contribution in [2.75, 3.05) is 0 Å². The van der Waals surface area contributed by atoms with Crippen LogP contribution in [0.1, 0.15) is 30.1 Å². The molecule has 0 radical (unpaired) electrons. The molecule has 0 saturated carbocycles. The average Bonchev–Trinajstić information content (AvgIpc) is 2.20. The molecular formula is C12H12ClFO3. The molecule has 92 valence electrons. The fraction of sp³-hybridized carbons (Fsp3) is 0.333. The quantitative estimate of drug-likeness (QED) is 0.826. The standard InChI is InChI=1S/C12H12ClFO3/c1-7(5-12(16)17)4-11(15)8-2-3-10(14)9(13)6-8/h2-3,6-7H,4-5H2,1H3,(H,16,17)/t7-/m1/s1. The van der Waals surface area contributed by atoms with Crippen molar-refractivity contribution in [2.24, 2.45) is 5.92 Å². The van der Waals surface area contributed by atoms with E-state index in [9.17, 15) is 14.0 Å². The molecule has 17 heavy (non-hydrogen) atoms. The van der Waals surface area contributed by atoms with E-state index in [4.69, 9.17) is 16.7 Å². The van der Waals surface area contributed by atoms with Gasteiger partial charge in [0.05, 0.1) is 5.02 Å². The maximum Gasteiger partial charge on any atom is 0.303 e. The Kier molecular flexibility index (Phi) is 4.63. The van der Waals surface area contributed by atoms with Gasteiger partial charge in [-0.3, -0.25) is 9.59 Å². The van der Waals surface area contributed by atoms with E-state index in [1.807, 2.05) is 0 Å². The van der Waals surface area contributed by atoms with Crippen molar-refractivity contribution in [2.45, 2.75) is 19.8 Å². The van der Waals surface area contributed by atoms with Crippen LogP contribution in [0.4, 0.5) is 4.39 Å². The number of halogens is 2. The number of benzene rings is 1. The van der Waals surface area contributed by atoms with Crippen molar-refractivity contribution in [1.82, 2.24) is 0 Å². The predicted molar refractivity (Wildman–Crippen MR) is 61.8 cm³/mol. The number of carboxylic acids is 1. The minimum absolute atomic E-state index is 0.0688. The summed E-state index contributed by atoms with van der Waals surface area (Å²) in [5, 5.41) is 8.46. The van der Waals surface area contributed by atoms with Crippen molar-refractivity contribution in [3.8, 4) is 0 Å². The van der Waals surface area contributed by atoms with Crippen LogP contribution in [-0.2, 0) is 4.79 Å². The van der Waals surface area contributed by atoms with E-state index in [1.165, 1.54) is 12.1 Å². The lowest BCUT2D eigenvalue weighted by molar-refractivity contribution is -0.137. The van der Waals surface area contributed by atoms with Crippen LogP contribution >= 0.6 is 11.6 Å². The van der Waals surface area contributed by atoms with Crippen molar-refractivity contribution in [3.05, 3.63) is 34.6 Å². The van der Waals surface area contributed by atoms with E-state index in [2.05, 4.69) is 0 Å². The van der Waals surface area contributed by atoms with Crippen LogP contribution in [0.2, 0.25) is 5.02 Å². The summed E-state index contributed by atoms with van der Waals surface area (Å²) in [6.07, 6.45) is 0.0366. The van der Waals surface area contributed by atoms with Crippen molar-refractivity contribution in [3.63, 3.8) is 0 Å². The van der Waals surface area contributed by atoms with Gasteiger partial charge in [0.1, 0.15) is 5.82 Å². The first-order valence-electron chi connectivity index (χ1n) is 5.10. The molecule has 0 aromatic heterocycles. The summed E-state index contributed by atoms with van der Waals surface area (Å²) >= 11 is 5.56. The van der Waals surface area contributed by atoms with Crippen LogP contribution in [-0.4, -0.2) is 16.9 Å². The molecule has 0 aliphatic carbocycles. The Balaban J connectivity index is 2.70. The third kappa shape index (κ3) is 4.15. The first kappa shape index (κ1) is 13.6. The second-order valence-corrected chi connectivity index (χ2v) is 4.37. The molecular weight excluding hydrogens is 247 g/mol. The third-order valence-electron chi connectivity index (χ3n) is 2.30. The maximum atomic E-state index is 12.9. The number of rotatable bonds is 5. The third-order valence-corrected chi connectivity index (χ3v) is 2.59. The summed E-state index contributed by atoms with van der Waals surface area (Å²) < 4.78 is 12.9. The van der Waals surface area contributed by atoms with E-state index in [1.54, 1.807) is 6.92 Å². The van der Waals surface area contributed by atoms with E-state index in [0.29, 0.717) is 5.56 Å². The molecule has 1 N–H and O–H groups in total. The zero-order valence-corrected chi connectivity index (χ0v) is 10.00. The largest absolute Gasteiger partial charge is 0.481 e. The topological polar surface area (TPSA) is 54.4 Å². The zero-order valence-electron chi connectivity index (χ0n) is 9.24. The highest BCUT2D eigenvalue weighted by molar-refractivity contribution is 6.31. The lowest BCUT2D eigenvalue weighted by Gasteiger charge is -2.07.